The van der Waals surface area contributed by atoms with Crippen molar-refractivity contribution >= 4 is 43.7 Å². The van der Waals surface area contributed by atoms with E-state index in [1.165, 1.54) is 101 Å². The van der Waals surface area contributed by atoms with Gasteiger partial charge in [-0.3, -0.25) is 19.8 Å². The van der Waals surface area contributed by atoms with E-state index < -0.39 is 37.6 Å². The predicted molar refractivity (Wildman–Crippen MR) is 249 cm³/mol. The highest BCUT2D eigenvalue weighted by atomic mass is 32.2. The van der Waals surface area contributed by atoms with Crippen molar-refractivity contribution in [3.8, 4) is 11.5 Å². The number of nitro groups is 1. The zero-order valence-corrected chi connectivity index (χ0v) is 38.7. The summed E-state index contributed by atoms with van der Waals surface area (Å²) in [6.45, 7) is 17.9. The number of Topliss-reactive ketones (excluding diaryl/α,β-unsaturated/α-hetero) is 1. The molecule has 2 aromatic carbocycles. The van der Waals surface area contributed by atoms with Crippen molar-refractivity contribution in [3.05, 3.63) is 87.7 Å². The van der Waals surface area contributed by atoms with Crippen molar-refractivity contribution in [2.75, 3.05) is 43.0 Å². The molecule has 2 heterocycles. The number of aliphatic hydroxyl groups is 1. The van der Waals surface area contributed by atoms with Gasteiger partial charge in [-0.25, -0.2) is 13.4 Å². The topological polar surface area (TPSA) is 194 Å². The average Bonchev–Trinajstić information content (AvgIpc) is 3.67. The minimum absolute atomic E-state index is 0.0128. The zero-order valence-electron chi connectivity index (χ0n) is 37.9. The van der Waals surface area contributed by atoms with E-state index in [-0.39, 0.29) is 27.8 Å². The molecule has 0 spiro atoms. The number of carbonyl (C=O) groups is 1. The molecule has 63 heavy (non-hydrogen) atoms. The van der Waals surface area contributed by atoms with Crippen molar-refractivity contribution in [1.82, 2.24) is 14.9 Å². The van der Waals surface area contributed by atoms with Crippen molar-refractivity contribution in [3.63, 3.8) is 0 Å². The number of hydrogen-bond donors (Lipinski definition) is 4. The molecule has 0 saturated heterocycles. The third-order valence-corrected chi connectivity index (χ3v) is 16.2. The molecule has 0 aliphatic heterocycles. The van der Waals surface area contributed by atoms with Crippen LogP contribution in [-0.2, 0) is 9.84 Å². The Morgan fingerprint density at radius 1 is 1.03 bits per heavy atom. The second kappa shape index (κ2) is 18.0. The van der Waals surface area contributed by atoms with E-state index in [2.05, 4.69) is 54.8 Å². The molecule has 0 unspecified atom stereocenters. The number of hydrogen-bond acceptors (Lipinski definition) is 11. The first-order valence-electron chi connectivity index (χ1n) is 22.7. The van der Waals surface area contributed by atoms with Gasteiger partial charge in [-0.2, -0.15) is 0 Å². The number of nitrogens with one attached hydrogen (secondary N) is 2. The smallest absolute Gasteiger partial charge is 0.293 e. The first kappa shape index (κ1) is 46.2. The number of H-pyrrole nitrogens is 1. The molecule has 4 fully saturated rings. The normalized spacial score (nSPS) is 25.1. The monoisotopic (exact) mass is 882 g/mol. The van der Waals surface area contributed by atoms with Gasteiger partial charge in [-0.05, 0) is 143 Å². The molecule has 4 saturated carbocycles. The van der Waals surface area contributed by atoms with Crippen LogP contribution in [0.15, 0.2) is 77.0 Å². The molecular formula is C49H66N6O7S. The lowest BCUT2D eigenvalue weighted by Gasteiger charge is -2.73. The van der Waals surface area contributed by atoms with Gasteiger partial charge >= 0.3 is 0 Å². The van der Waals surface area contributed by atoms with Crippen LogP contribution in [0.3, 0.4) is 0 Å². The number of ether oxygens (including phenoxy) is 1. The molecule has 2 bridgehead atoms. The van der Waals surface area contributed by atoms with E-state index in [1.54, 1.807) is 25.3 Å². The molecule has 13 nitrogen and oxygen atoms in total. The largest absolute Gasteiger partial charge is 0.455 e. The maximum absolute atomic E-state index is 13.3. The number of carbonyl (C=O) groups excluding carboxylic acids is 1. The minimum atomic E-state index is -4.26. The third-order valence-electron chi connectivity index (χ3n) is 14.5. The Morgan fingerprint density at radius 2 is 1.75 bits per heavy atom. The van der Waals surface area contributed by atoms with Gasteiger partial charge < -0.3 is 25.9 Å². The van der Waals surface area contributed by atoms with Crippen molar-refractivity contribution in [1.29, 1.82) is 0 Å². The zero-order chi connectivity index (χ0) is 45.4. The Balaban J connectivity index is 0.000000236. The highest BCUT2D eigenvalue weighted by Crippen LogP contribution is 2.79. The minimum Gasteiger partial charge on any atom is -0.455 e. The maximum atomic E-state index is 13.3. The average molecular weight is 883 g/mol. The number of nitrogens with two attached hydrogens (primary N) is 1. The molecule has 0 amide bonds. The molecular weight excluding hydrogens is 817 g/mol. The summed E-state index contributed by atoms with van der Waals surface area (Å²) in [7, 11) is -4.26. The maximum Gasteiger partial charge on any atom is 0.293 e. The lowest BCUT2D eigenvalue weighted by atomic mass is 9.31. The van der Waals surface area contributed by atoms with Crippen molar-refractivity contribution < 1.29 is 28.0 Å². The number of likely N-dealkylation sites (N-methyl/N-ethyl adjacent to an activating group) is 1. The highest BCUT2D eigenvalue weighted by molar-refractivity contribution is 7.92. The van der Waals surface area contributed by atoms with Gasteiger partial charge in [0, 0.05) is 42.5 Å². The molecule has 340 valence electrons. The summed E-state index contributed by atoms with van der Waals surface area (Å²) in [6.07, 6.45) is 16.1. The predicted octanol–water partition coefficient (Wildman–Crippen LogP) is 10.3. The van der Waals surface area contributed by atoms with E-state index in [0.717, 1.165) is 29.7 Å². The number of nitrogen functional groups attached to an aromatic ring is 1. The number of nitrogens with zero attached hydrogens (tertiary/aromatic N) is 3. The van der Waals surface area contributed by atoms with Gasteiger partial charge in [0.1, 0.15) is 28.6 Å². The number of benzene rings is 2. The van der Waals surface area contributed by atoms with E-state index in [1.807, 2.05) is 11.1 Å². The fourth-order valence-electron chi connectivity index (χ4n) is 10.5. The molecule has 4 aromatic rings. The van der Waals surface area contributed by atoms with Crippen LogP contribution < -0.4 is 15.8 Å². The summed E-state index contributed by atoms with van der Waals surface area (Å²) in [4.78, 5) is 33.9. The molecule has 5 aliphatic rings. The van der Waals surface area contributed by atoms with Crippen molar-refractivity contribution in [2.45, 2.75) is 123 Å². The van der Waals surface area contributed by atoms with Crippen LogP contribution in [0.2, 0.25) is 0 Å². The number of fused-ring (bicyclic) bond motifs is 1. The number of pyridine rings is 1. The summed E-state index contributed by atoms with van der Waals surface area (Å²) < 4.78 is 32.4. The fourth-order valence-corrected chi connectivity index (χ4v) is 11.8. The summed E-state index contributed by atoms with van der Waals surface area (Å²) >= 11 is 0. The van der Waals surface area contributed by atoms with Crippen LogP contribution in [0.1, 0.15) is 123 Å². The molecule has 5 aliphatic carbocycles. The number of sulfone groups is 1. The second-order valence-electron chi connectivity index (χ2n) is 19.9. The van der Waals surface area contributed by atoms with Gasteiger partial charge in [0.25, 0.3) is 5.69 Å². The summed E-state index contributed by atoms with van der Waals surface area (Å²) in [5, 5.41) is 25.8. The van der Waals surface area contributed by atoms with Gasteiger partial charge in [0.2, 0.25) is 0 Å². The van der Waals surface area contributed by atoms with Crippen LogP contribution in [-0.4, -0.2) is 76.6 Å². The number of allylic oxidation sites excluding steroid dienone is 1. The Hall–Kier alpha value is -4.79. The first-order valence-corrected chi connectivity index (χ1v) is 24.4. The second-order valence-corrected chi connectivity index (χ2v) is 21.9. The van der Waals surface area contributed by atoms with Crippen LogP contribution in [0.4, 0.5) is 17.1 Å². The van der Waals surface area contributed by atoms with E-state index in [9.17, 15) is 28.4 Å². The quantitative estimate of drug-likeness (QED) is 0.0275. The molecule has 0 atom stereocenters. The molecule has 0 radical (unpaired) electrons. The number of nitro benzene ring substituents is 1. The fraction of sp³-hybridized carbons (Fsp3) is 0.551. The highest BCUT2D eigenvalue weighted by Gasteiger charge is 2.68. The summed E-state index contributed by atoms with van der Waals surface area (Å²) in [6, 6.07) is 11.3. The number of rotatable bonds is 16. The third kappa shape index (κ3) is 10.3. The SMILES string of the molecule is CC1(O)CCC(CNc2ccc(S(=O)(=O)CC(=O)c3ccc(N)cc3Oc3cnc4[nH]ccc4c3)cc2[N+](=O)[O-])CC1.CCN(CC)CC1=C(C23CC(CC)(C2)C3)CC(C)(C)CC1. The van der Waals surface area contributed by atoms with Crippen molar-refractivity contribution in [2.24, 2.45) is 22.2 Å². The van der Waals surface area contributed by atoms with Gasteiger partial charge in [0.15, 0.2) is 15.6 Å². The Morgan fingerprint density at radius 3 is 2.41 bits per heavy atom. The molecule has 2 aromatic heterocycles. The van der Waals surface area contributed by atoms with E-state index in [4.69, 9.17) is 10.5 Å². The summed E-state index contributed by atoms with van der Waals surface area (Å²) in [5.41, 5.74) is 11.7. The lowest BCUT2D eigenvalue weighted by molar-refractivity contribution is -0.384. The van der Waals surface area contributed by atoms with Gasteiger partial charge in [0.05, 0.1) is 27.2 Å². The van der Waals surface area contributed by atoms with Gasteiger partial charge in [-0.15, -0.1) is 0 Å². The van der Waals surface area contributed by atoms with E-state index in [0.29, 0.717) is 47.3 Å². The molecule has 9 rings (SSSR count). The van der Waals surface area contributed by atoms with Crippen LogP contribution in [0.5, 0.6) is 11.5 Å². The van der Waals surface area contributed by atoms with Crippen LogP contribution in [0.25, 0.3) is 11.0 Å². The number of anilines is 2. The summed E-state index contributed by atoms with van der Waals surface area (Å²) in [5.74, 6) is -1.10. The Labute approximate surface area is 372 Å². The lowest BCUT2D eigenvalue weighted by Crippen LogP contribution is -2.62. The van der Waals surface area contributed by atoms with E-state index >= 15 is 0 Å². The number of aromatic nitrogens is 2. The number of aromatic amines is 1. The number of ketones is 1. The molecule has 5 N–H and O–H groups in total. The van der Waals surface area contributed by atoms with Crippen LogP contribution in [0, 0.1) is 32.3 Å². The van der Waals surface area contributed by atoms with Crippen LogP contribution >= 0.6 is 0 Å². The van der Waals surface area contributed by atoms with Gasteiger partial charge in [-0.1, -0.05) is 52.2 Å². The first-order chi connectivity index (χ1) is 29.8. The molecule has 14 heteroatoms. The standard InChI is InChI=1S/C29H31N5O7S.C20H35N/c1-29(36)9-6-18(7-10-29)15-32-24-5-3-22(14-25(24)34(37)38)42(39,40)17-26(35)23-4-2-20(30)13-27(23)41-21-12-19-8-11-31-28(19)33-16-21;1-6-19-13-20(14-19,15-19)17-11-18(4,5)10-9-16(17)12-21(7-2)8-3/h2-5,8,11-14,16,18,32,36H,6-7,9-10,15,17,30H2,1H3,(H,31,33);6-15H2,1-5H3. The Bertz CT molecular complexity index is 2460. The Kier molecular flexibility index (Phi) is 13.2.